The van der Waals surface area contributed by atoms with Crippen molar-refractivity contribution in [2.45, 2.75) is 19.4 Å². The zero-order valence-electron chi connectivity index (χ0n) is 17.2. The van der Waals surface area contributed by atoms with Gasteiger partial charge in [-0.2, -0.15) is 0 Å². The van der Waals surface area contributed by atoms with Gasteiger partial charge >= 0.3 is 0 Å². The summed E-state index contributed by atoms with van der Waals surface area (Å²) in [4.78, 5) is 13.3. The van der Waals surface area contributed by atoms with Crippen molar-refractivity contribution in [2.24, 2.45) is 10.9 Å². The fraction of sp³-hybridized carbons (Fsp3) is 0.750. The van der Waals surface area contributed by atoms with E-state index in [2.05, 4.69) is 31.1 Å². The van der Waals surface area contributed by atoms with E-state index in [9.17, 15) is 0 Å². The molecule has 1 aromatic heterocycles. The molecule has 2 aliphatic rings. The number of piperidine rings is 1. The molecule has 0 saturated carbocycles. The van der Waals surface area contributed by atoms with Crippen LogP contribution in [-0.2, 0) is 11.3 Å². The molecule has 1 N–H and O–H groups in total. The minimum Gasteiger partial charge on any atom is -0.383 e. The van der Waals surface area contributed by atoms with Crippen molar-refractivity contribution in [2.75, 3.05) is 73.1 Å². The zero-order valence-corrected chi connectivity index (χ0v) is 18.8. The van der Waals surface area contributed by atoms with Gasteiger partial charge in [-0.25, -0.2) is 0 Å². The summed E-state index contributed by atoms with van der Waals surface area (Å²) in [5, 5.41) is 3.63. The molecule has 3 rings (SSSR count). The Morgan fingerprint density at radius 2 is 1.93 bits per heavy atom. The summed E-state index contributed by atoms with van der Waals surface area (Å²) in [5.41, 5.74) is 0. The van der Waals surface area contributed by atoms with Crippen LogP contribution in [-0.4, -0.2) is 93.8 Å². The minimum absolute atomic E-state index is 0.736. The van der Waals surface area contributed by atoms with Crippen molar-refractivity contribution in [1.82, 2.24) is 20.0 Å². The number of methoxy groups -OCH3 is 1. The van der Waals surface area contributed by atoms with E-state index in [1.165, 1.54) is 30.8 Å². The van der Waals surface area contributed by atoms with Crippen LogP contribution in [0.5, 0.6) is 0 Å². The Morgan fingerprint density at radius 3 is 2.54 bits per heavy atom. The molecule has 0 aromatic carbocycles. The first kappa shape index (κ1) is 21.8. The SMILES string of the molecule is CN=C(NCC1CCN(CCOC)CC1)N1CCN(Cc2ccc(Cl)s2)CC1. The van der Waals surface area contributed by atoms with Gasteiger partial charge in [0.15, 0.2) is 5.96 Å². The summed E-state index contributed by atoms with van der Waals surface area (Å²) in [6.07, 6.45) is 2.51. The largest absolute Gasteiger partial charge is 0.383 e. The molecule has 28 heavy (non-hydrogen) atoms. The molecule has 0 unspecified atom stereocenters. The molecular formula is C20H34ClN5OS. The maximum atomic E-state index is 6.05. The predicted octanol–water partition coefficient (Wildman–Crippen LogP) is 2.45. The molecule has 2 aliphatic heterocycles. The number of thiophene rings is 1. The number of nitrogens with one attached hydrogen (secondary N) is 1. The Labute approximate surface area is 178 Å². The summed E-state index contributed by atoms with van der Waals surface area (Å²) < 4.78 is 6.07. The van der Waals surface area contributed by atoms with Gasteiger partial charge in [-0.15, -0.1) is 11.3 Å². The van der Waals surface area contributed by atoms with Gasteiger partial charge in [0.25, 0.3) is 0 Å². The molecule has 0 bridgehead atoms. The Hall–Kier alpha value is -0.860. The van der Waals surface area contributed by atoms with Gasteiger partial charge in [0.05, 0.1) is 10.9 Å². The smallest absolute Gasteiger partial charge is 0.193 e. The zero-order chi connectivity index (χ0) is 19.8. The number of nitrogens with zero attached hydrogens (tertiary/aromatic N) is 4. The fourth-order valence-corrected chi connectivity index (χ4v) is 5.11. The summed E-state index contributed by atoms with van der Waals surface area (Å²) in [5.74, 6) is 1.79. The minimum atomic E-state index is 0.736. The average molecular weight is 428 g/mol. The van der Waals surface area contributed by atoms with E-state index in [4.69, 9.17) is 16.3 Å². The molecule has 2 saturated heterocycles. The number of halogens is 1. The van der Waals surface area contributed by atoms with E-state index in [1.54, 1.807) is 18.4 Å². The van der Waals surface area contributed by atoms with Crippen molar-refractivity contribution in [3.8, 4) is 0 Å². The summed E-state index contributed by atoms with van der Waals surface area (Å²) in [6, 6.07) is 4.13. The van der Waals surface area contributed by atoms with E-state index >= 15 is 0 Å². The van der Waals surface area contributed by atoms with Crippen LogP contribution in [0.3, 0.4) is 0 Å². The number of likely N-dealkylation sites (tertiary alicyclic amines) is 1. The molecular weight excluding hydrogens is 394 g/mol. The van der Waals surface area contributed by atoms with Gasteiger partial charge in [0, 0.05) is 64.8 Å². The molecule has 0 radical (unpaired) electrons. The summed E-state index contributed by atoms with van der Waals surface area (Å²) >= 11 is 7.74. The third-order valence-electron chi connectivity index (χ3n) is 5.76. The van der Waals surface area contributed by atoms with Crippen LogP contribution in [0.1, 0.15) is 17.7 Å². The highest BCUT2D eigenvalue weighted by molar-refractivity contribution is 7.16. The highest BCUT2D eigenvalue weighted by Crippen LogP contribution is 2.23. The predicted molar refractivity (Wildman–Crippen MR) is 119 cm³/mol. The number of hydrogen-bond acceptors (Lipinski definition) is 5. The molecule has 0 amide bonds. The first-order valence-corrected chi connectivity index (χ1v) is 11.5. The van der Waals surface area contributed by atoms with E-state index in [0.29, 0.717) is 0 Å². The van der Waals surface area contributed by atoms with E-state index in [-0.39, 0.29) is 0 Å². The lowest BCUT2D eigenvalue weighted by Crippen LogP contribution is -2.53. The molecule has 0 atom stereocenters. The number of rotatable bonds is 7. The Morgan fingerprint density at radius 1 is 1.18 bits per heavy atom. The monoisotopic (exact) mass is 427 g/mol. The number of hydrogen-bond donors (Lipinski definition) is 1. The van der Waals surface area contributed by atoms with Crippen LogP contribution in [0, 0.1) is 5.92 Å². The number of piperazine rings is 1. The maximum Gasteiger partial charge on any atom is 0.193 e. The van der Waals surface area contributed by atoms with Crippen LogP contribution < -0.4 is 5.32 Å². The van der Waals surface area contributed by atoms with E-state index < -0.39 is 0 Å². The lowest BCUT2D eigenvalue weighted by Gasteiger charge is -2.37. The van der Waals surface area contributed by atoms with Crippen LogP contribution >= 0.6 is 22.9 Å². The van der Waals surface area contributed by atoms with E-state index in [0.717, 1.165) is 68.6 Å². The second-order valence-corrected chi connectivity index (χ2v) is 9.47. The molecule has 0 aliphatic carbocycles. The standard InChI is InChI=1S/C20H34ClN5OS/c1-22-20(23-15-17-5-7-24(8-6-17)13-14-27-2)26-11-9-25(10-12-26)16-18-3-4-19(21)28-18/h3-4,17H,5-16H2,1-2H3,(H,22,23). The third kappa shape index (κ3) is 6.59. The summed E-state index contributed by atoms with van der Waals surface area (Å²) in [7, 11) is 3.68. The topological polar surface area (TPSA) is 43.3 Å². The molecule has 2 fully saturated rings. The first-order valence-electron chi connectivity index (χ1n) is 10.3. The van der Waals surface area contributed by atoms with Crippen molar-refractivity contribution in [3.05, 3.63) is 21.3 Å². The van der Waals surface area contributed by atoms with Crippen LogP contribution in [0.15, 0.2) is 17.1 Å². The van der Waals surface area contributed by atoms with Crippen molar-refractivity contribution in [3.63, 3.8) is 0 Å². The van der Waals surface area contributed by atoms with Gasteiger partial charge in [-0.1, -0.05) is 11.6 Å². The normalized spacial score (nSPS) is 20.7. The number of ether oxygens (including phenoxy) is 1. The second kappa shape index (κ2) is 11.4. The summed E-state index contributed by atoms with van der Waals surface area (Å²) in [6.45, 7) is 10.4. The average Bonchev–Trinajstić information content (AvgIpc) is 3.13. The quantitative estimate of drug-likeness (QED) is 0.534. The maximum absolute atomic E-state index is 6.05. The van der Waals surface area contributed by atoms with Gasteiger partial charge in [-0.05, 0) is 44.0 Å². The van der Waals surface area contributed by atoms with E-state index in [1.807, 2.05) is 13.1 Å². The Bertz CT molecular complexity index is 609. The molecule has 1 aromatic rings. The molecule has 0 spiro atoms. The Balaban J connectivity index is 1.36. The number of aliphatic imine (C=N–C) groups is 1. The third-order valence-corrected chi connectivity index (χ3v) is 6.98. The highest BCUT2D eigenvalue weighted by Gasteiger charge is 2.22. The van der Waals surface area contributed by atoms with Crippen LogP contribution in [0.4, 0.5) is 0 Å². The van der Waals surface area contributed by atoms with Gasteiger partial charge in [-0.3, -0.25) is 9.89 Å². The van der Waals surface area contributed by atoms with Gasteiger partial charge in [0.2, 0.25) is 0 Å². The molecule has 3 heterocycles. The lowest BCUT2D eigenvalue weighted by molar-refractivity contribution is 0.120. The van der Waals surface area contributed by atoms with Crippen molar-refractivity contribution >= 4 is 28.9 Å². The lowest BCUT2D eigenvalue weighted by atomic mass is 9.97. The molecule has 8 heteroatoms. The van der Waals surface area contributed by atoms with Crippen LogP contribution in [0.2, 0.25) is 4.34 Å². The molecule has 6 nitrogen and oxygen atoms in total. The highest BCUT2D eigenvalue weighted by atomic mass is 35.5. The fourth-order valence-electron chi connectivity index (χ4n) is 3.98. The van der Waals surface area contributed by atoms with Crippen molar-refractivity contribution < 1.29 is 4.74 Å². The van der Waals surface area contributed by atoms with Crippen LogP contribution in [0.25, 0.3) is 0 Å². The molecule has 158 valence electrons. The van der Waals surface area contributed by atoms with Gasteiger partial charge < -0.3 is 19.9 Å². The first-order chi connectivity index (χ1) is 13.7. The Kier molecular flexibility index (Phi) is 8.86. The van der Waals surface area contributed by atoms with Crippen molar-refractivity contribution in [1.29, 1.82) is 0 Å². The second-order valence-electron chi connectivity index (χ2n) is 7.67. The number of guanidine groups is 1. The van der Waals surface area contributed by atoms with Gasteiger partial charge in [0.1, 0.15) is 0 Å².